The Morgan fingerprint density at radius 2 is 1.62 bits per heavy atom. The lowest BCUT2D eigenvalue weighted by molar-refractivity contribution is -0.245. The summed E-state index contributed by atoms with van der Waals surface area (Å²) in [6, 6.07) is 24.1. The molecule has 0 bridgehead atoms. The van der Waals surface area contributed by atoms with Crippen LogP contribution in [0.5, 0.6) is 0 Å². The number of benzene rings is 3. The van der Waals surface area contributed by atoms with Crippen molar-refractivity contribution >= 4 is 23.6 Å². The van der Waals surface area contributed by atoms with Gasteiger partial charge in [0.25, 0.3) is 0 Å². The first-order chi connectivity index (χ1) is 23.4. The fourth-order valence-electron chi connectivity index (χ4n) is 5.53. The number of thioether (sulfide) groups is 1. The zero-order valence-corrected chi connectivity index (χ0v) is 27.8. The molecule has 4 aromatic rings. The van der Waals surface area contributed by atoms with E-state index in [0.29, 0.717) is 36.7 Å². The highest BCUT2D eigenvalue weighted by Gasteiger charge is 2.32. The maximum atomic E-state index is 12.4. The van der Waals surface area contributed by atoms with Gasteiger partial charge in [0.2, 0.25) is 17.0 Å². The number of amides is 2. The van der Waals surface area contributed by atoms with Crippen molar-refractivity contribution in [1.82, 2.24) is 31.0 Å². The molecule has 12 nitrogen and oxygen atoms in total. The van der Waals surface area contributed by atoms with Crippen LogP contribution in [-0.2, 0) is 39.3 Å². The molecule has 1 aromatic heterocycles. The Bertz CT molecular complexity index is 1630. The molecule has 3 aromatic carbocycles. The van der Waals surface area contributed by atoms with Crippen LogP contribution in [0.3, 0.4) is 0 Å². The predicted octanol–water partition coefficient (Wildman–Crippen LogP) is 5.17. The second kappa shape index (κ2) is 17.9. The van der Waals surface area contributed by atoms with Crippen LogP contribution in [0.25, 0.3) is 11.1 Å². The topological polar surface area (TPSA) is 161 Å². The Kier molecular flexibility index (Phi) is 13.1. The summed E-state index contributed by atoms with van der Waals surface area (Å²) in [5, 5.41) is 33.5. The molecule has 254 valence electrons. The van der Waals surface area contributed by atoms with Crippen LogP contribution in [0, 0.1) is 0 Å². The number of aliphatic hydroxyl groups is 1. The lowest BCUT2D eigenvalue weighted by Crippen LogP contribution is -2.31. The number of rotatable bonds is 16. The molecule has 2 heterocycles. The van der Waals surface area contributed by atoms with Crippen LogP contribution in [0.1, 0.15) is 79.6 Å². The molecule has 13 heteroatoms. The maximum absolute atomic E-state index is 12.4. The smallest absolute Gasteiger partial charge is 0.243 e. The molecule has 0 unspecified atom stereocenters. The summed E-state index contributed by atoms with van der Waals surface area (Å²) in [6.07, 6.45) is 3.54. The number of nitrogens with one attached hydrogen (secondary N) is 2. The van der Waals surface area contributed by atoms with E-state index in [2.05, 4.69) is 33.0 Å². The molecular formula is C35H42N6O6S. The Hall–Kier alpha value is -4.14. The van der Waals surface area contributed by atoms with Crippen molar-refractivity contribution in [1.29, 1.82) is 0 Å². The predicted molar refractivity (Wildman–Crippen MR) is 179 cm³/mol. The number of aromatic nitrogens is 4. The normalized spacial score (nSPS) is 17.6. The first-order valence-corrected chi connectivity index (χ1v) is 17.1. The Morgan fingerprint density at radius 1 is 0.896 bits per heavy atom. The summed E-state index contributed by atoms with van der Waals surface area (Å²) in [5.41, 5.74) is 7.42. The molecule has 0 spiro atoms. The molecule has 1 aliphatic rings. The summed E-state index contributed by atoms with van der Waals surface area (Å²) in [6.45, 7) is 0.411. The van der Waals surface area contributed by atoms with Gasteiger partial charge >= 0.3 is 0 Å². The average molecular weight is 675 g/mol. The van der Waals surface area contributed by atoms with Crippen molar-refractivity contribution in [2.45, 2.75) is 81.8 Å². The molecule has 0 aliphatic carbocycles. The van der Waals surface area contributed by atoms with Gasteiger partial charge in [-0.25, -0.2) is 10.2 Å². The van der Waals surface area contributed by atoms with Crippen LogP contribution in [0.15, 0.2) is 78.0 Å². The largest absolute Gasteiger partial charge is 0.392 e. The minimum atomic E-state index is -0.598. The molecule has 4 N–H and O–H groups in total. The van der Waals surface area contributed by atoms with Crippen molar-refractivity contribution in [3.05, 3.63) is 95.1 Å². The number of nitrogens with zero attached hydrogens (tertiary/aromatic N) is 4. The van der Waals surface area contributed by atoms with Crippen molar-refractivity contribution in [3.63, 3.8) is 0 Å². The third-order valence-corrected chi connectivity index (χ3v) is 9.33. The molecule has 1 saturated heterocycles. The minimum Gasteiger partial charge on any atom is -0.392 e. The number of hydrogen-bond acceptors (Lipinski definition) is 10. The zero-order chi connectivity index (χ0) is 33.7. The van der Waals surface area contributed by atoms with Crippen molar-refractivity contribution in [3.8, 4) is 11.1 Å². The number of hydroxylamine groups is 1. The highest BCUT2D eigenvalue weighted by Crippen LogP contribution is 2.40. The van der Waals surface area contributed by atoms with E-state index in [1.165, 1.54) is 0 Å². The second-order valence-corrected chi connectivity index (χ2v) is 12.8. The fourth-order valence-corrected chi connectivity index (χ4v) is 6.40. The van der Waals surface area contributed by atoms with Crippen molar-refractivity contribution in [2.75, 3.05) is 5.75 Å². The monoisotopic (exact) mass is 674 g/mol. The van der Waals surface area contributed by atoms with Gasteiger partial charge in [-0.2, -0.15) is 0 Å². The van der Waals surface area contributed by atoms with E-state index in [4.69, 9.17) is 14.7 Å². The fraction of sp³-hybridized carbons (Fsp3) is 0.400. The van der Waals surface area contributed by atoms with Gasteiger partial charge in [-0.3, -0.25) is 14.8 Å². The summed E-state index contributed by atoms with van der Waals surface area (Å²) in [4.78, 5) is 23.5. The minimum absolute atomic E-state index is 0.00851. The summed E-state index contributed by atoms with van der Waals surface area (Å²) >= 11 is 1.54. The Labute approximate surface area is 284 Å². The van der Waals surface area contributed by atoms with E-state index in [9.17, 15) is 14.7 Å². The molecule has 3 atom stereocenters. The molecule has 0 saturated carbocycles. The molecule has 2 amide bonds. The Morgan fingerprint density at radius 3 is 2.33 bits per heavy atom. The van der Waals surface area contributed by atoms with E-state index in [1.807, 2.05) is 67.7 Å². The highest BCUT2D eigenvalue weighted by molar-refractivity contribution is 7.99. The SMILES string of the molecule is Cn1nnnc1SC[C@@H]1C[C@H](c2ccc(CO)cc2)O[C@H](c2cccc(-c3cccc(CNC(=O)CCCCCCC(=O)NO)c3)c2)O1. The number of carbonyl (C=O) groups excluding carboxylic acids is 2. The number of hydrogen-bond donors (Lipinski definition) is 4. The van der Waals surface area contributed by atoms with Crippen LogP contribution in [0.4, 0.5) is 0 Å². The van der Waals surface area contributed by atoms with Gasteiger partial charge in [-0.1, -0.05) is 85.3 Å². The summed E-state index contributed by atoms with van der Waals surface area (Å²) in [7, 11) is 1.81. The lowest BCUT2D eigenvalue weighted by atomic mass is 9.99. The van der Waals surface area contributed by atoms with E-state index in [0.717, 1.165) is 52.6 Å². The molecular weight excluding hydrogens is 632 g/mol. The lowest BCUT2D eigenvalue weighted by Gasteiger charge is -2.36. The van der Waals surface area contributed by atoms with Crippen molar-refractivity contribution in [2.24, 2.45) is 7.05 Å². The highest BCUT2D eigenvalue weighted by atomic mass is 32.2. The van der Waals surface area contributed by atoms with Gasteiger partial charge in [0, 0.05) is 44.2 Å². The second-order valence-electron chi connectivity index (χ2n) is 11.8. The van der Waals surface area contributed by atoms with Crippen molar-refractivity contribution < 1.29 is 29.4 Å². The third-order valence-electron chi connectivity index (χ3n) is 8.19. The standard InChI is InChI=1S/C35H42N6O6S/c1-41-35(37-39-40-41)48-23-30-20-31(26-16-14-24(22-42)15-17-26)47-34(46-30)29-11-7-10-28(19-29)27-9-6-8-25(18-27)21-36-32(43)12-4-2-3-5-13-33(44)38-45/h6-11,14-19,30-31,34,42,45H,2-5,12-13,20-23H2,1H3,(H,36,43)(H,38,44)/t30-,31+,34+/m0/s1. The average Bonchev–Trinajstić information content (AvgIpc) is 3.55. The van der Waals surface area contributed by atoms with Gasteiger partial charge in [0.1, 0.15) is 0 Å². The van der Waals surface area contributed by atoms with Crippen LogP contribution in [-0.4, -0.2) is 54.2 Å². The maximum Gasteiger partial charge on any atom is 0.243 e. The van der Waals surface area contributed by atoms with Gasteiger partial charge in [-0.05, 0) is 63.2 Å². The number of tetrazole rings is 1. The Balaban J connectivity index is 1.22. The quantitative estimate of drug-likeness (QED) is 0.0540. The molecule has 1 aliphatic heterocycles. The third kappa shape index (κ3) is 10.2. The summed E-state index contributed by atoms with van der Waals surface area (Å²) in [5.74, 6) is 0.255. The zero-order valence-electron chi connectivity index (χ0n) is 27.0. The van der Waals surface area contributed by atoms with Crippen LogP contribution >= 0.6 is 11.8 Å². The van der Waals surface area contributed by atoms with E-state index in [1.54, 1.807) is 21.9 Å². The van der Waals surface area contributed by atoms with Crippen LogP contribution in [0.2, 0.25) is 0 Å². The van der Waals surface area contributed by atoms with Gasteiger partial charge in [0.05, 0.1) is 18.8 Å². The van der Waals surface area contributed by atoms with E-state index in [-0.39, 0.29) is 37.0 Å². The number of aliphatic hydroxyl groups excluding tert-OH is 1. The molecule has 1 fully saturated rings. The number of aryl methyl sites for hydroxylation is 1. The van der Waals surface area contributed by atoms with Gasteiger partial charge in [-0.15, -0.1) is 5.10 Å². The number of carbonyl (C=O) groups is 2. The molecule has 0 radical (unpaired) electrons. The van der Waals surface area contributed by atoms with Gasteiger partial charge < -0.3 is 19.9 Å². The molecule has 48 heavy (non-hydrogen) atoms. The summed E-state index contributed by atoms with van der Waals surface area (Å²) < 4.78 is 14.7. The van der Waals surface area contributed by atoms with Gasteiger partial charge in [0.15, 0.2) is 6.29 Å². The number of unbranched alkanes of at least 4 members (excludes halogenated alkanes) is 3. The first kappa shape index (κ1) is 35.2. The van der Waals surface area contributed by atoms with Crippen LogP contribution < -0.4 is 10.8 Å². The van der Waals surface area contributed by atoms with E-state index < -0.39 is 6.29 Å². The molecule has 5 rings (SSSR count). The van der Waals surface area contributed by atoms with E-state index >= 15 is 0 Å². The first-order valence-electron chi connectivity index (χ1n) is 16.2. The number of ether oxygens (including phenoxy) is 2.